The monoisotopic (exact) mass is 367 g/mol. The second-order valence-corrected chi connectivity index (χ2v) is 6.29. The van der Waals surface area contributed by atoms with Crippen LogP contribution in [-0.4, -0.2) is 33.5 Å². The molecule has 1 atom stereocenters. The number of hydrogen-bond donors (Lipinski definition) is 2. The number of aryl methyl sites for hydroxylation is 1. The number of carbonyl (C=O) groups excluding carboxylic acids is 1. The Kier molecular flexibility index (Phi) is 5.52. The van der Waals surface area contributed by atoms with Crippen molar-refractivity contribution in [3.05, 3.63) is 64.6 Å². The van der Waals surface area contributed by atoms with Gasteiger partial charge in [-0.15, -0.1) is 0 Å². The molecular weight excluding hydrogens is 346 g/mol. The molecule has 1 aromatic heterocycles. The van der Waals surface area contributed by atoms with E-state index in [2.05, 4.69) is 10.4 Å². The van der Waals surface area contributed by atoms with E-state index in [9.17, 15) is 14.7 Å². The van der Waals surface area contributed by atoms with Gasteiger partial charge in [0, 0.05) is 18.0 Å². The molecule has 0 aliphatic rings. The van der Waals surface area contributed by atoms with Crippen LogP contribution in [0.15, 0.2) is 53.3 Å². The Morgan fingerprint density at radius 2 is 1.85 bits per heavy atom. The predicted molar refractivity (Wildman–Crippen MR) is 103 cm³/mol. The highest BCUT2D eigenvalue weighted by molar-refractivity contribution is 5.88. The molecule has 2 N–H and O–H groups in total. The number of ether oxygens (including phenoxy) is 1. The average Bonchev–Trinajstić information content (AvgIpc) is 2.65. The minimum atomic E-state index is -0.897. The molecule has 0 bridgehead atoms. The number of nitrogens with one attached hydrogen (secondary N) is 1. The van der Waals surface area contributed by atoms with Crippen molar-refractivity contribution < 1.29 is 14.6 Å². The van der Waals surface area contributed by atoms with Gasteiger partial charge in [0.1, 0.15) is 18.5 Å². The van der Waals surface area contributed by atoms with Crippen molar-refractivity contribution in [1.82, 2.24) is 9.78 Å². The van der Waals surface area contributed by atoms with E-state index in [4.69, 9.17) is 4.74 Å². The molecule has 27 heavy (non-hydrogen) atoms. The summed E-state index contributed by atoms with van der Waals surface area (Å²) in [5, 5.41) is 18.6. The van der Waals surface area contributed by atoms with Crippen LogP contribution in [0.25, 0.3) is 10.8 Å². The van der Waals surface area contributed by atoms with E-state index in [1.807, 2.05) is 19.1 Å². The van der Waals surface area contributed by atoms with Gasteiger partial charge in [0.25, 0.3) is 5.56 Å². The smallest absolute Gasteiger partial charge is 0.274 e. The van der Waals surface area contributed by atoms with Crippen molar-refractivity contribution in [3.63, 3.8) is 0 Å². The van der Waals surface area contributed by atoms with Crippen LogP contribution in [0.1, 0.15) is 12.6 Å². The van der Waals surface area contributed by atoms with Crippen molar-refractivity contribution in [2.24, 2.45) is 0 Å². The van der Waals surface area contributed by atoms with Crippen molar-refractivity contribution >= 4 is 22.4 Å². The highest BCUT2D eigenvalue weighted by Crippen LogP contribution is 2.16. The Balaban J connectivity index is 1.65. The molecule has 1 amide bonds. The van der Waals surface area contributed by atoms with Crippen LogP contribution < -0.4 is 15.6 Å². The molecule has 3 rings (SSSR count). The number of aliphatic hydroxyl groups excluding tert-OH is 1. The first-order chi connectivity index (χ1) is 12.9. The van der Waals surface area contributed by atoms with Gasteiger partial charge in [-0.1, -0.05) is 18.2 Å². The van der Waals surface area contributed by atoms with Crippen LogP contribution in [-0.2, 0) is 11.3 Å². The third-order valence-electron chi connectivity index (χ3n) is 4.05. The summed E-state index contributed by atoms with van der Waals surface area (Å²) in [5.41, 5.74) is 1.15. The Labute approximate surface area is 156 Å². The van der Waals surface area contributed by atoms with E-state index in [0.29, 0.717) is 16.8 Å². The number of hydrogen-bond acceptors (Lipinski definition) is 5. The zero-order valence-electron chi connectivity index (χ0n) is 15.2. The molecule has 7 heteroatoms. The normalized spacial score (nSPS) is 12.0. The van der Waals surface area contributed by atoms with Crippen LogP contribution in [0.3, 0.4) is 0 Å². The second-order valence-electron chi connectivity index (χ2n) is 6.29. The number of amides is 1. The zero-order valence-corrected chi connectivity index (χ0v) is 15.2. The summed E-state index contributed by atoms with van der Waals surface area (Å²) in [7, 11) is 0. The van der Waals surface area contributed by atoms with Crippen LogP contribution in [0.4, 0.5) is 5.69 Å². The summed E-state index contributed by atoms with van der Waals surface area (Å²) in [6, 6.07) is 14.1. The van der Waals surface area contributed by atoms with Gasteiger partial charge in [-0.25, -0.2) is 4.68 Å². The zero-order chi connectivity index (χ0) is 19.4. The summed E-state index contributed by atoms with van der Waals surface area (Å²) in [6.45, 7) is 3.32. The summed E-state index contributed by atoms with van der Waals surface area (Å²) in [6.07, 6.45) is -0.897. The lowest BCUT2D eigenvalue weighted by molar-refractivity contribution is -0.114. The molecule has 7 nitrogen and oxygen atoms in total. The first-order valence-corrected chi connectivity index (χ1v) is 8.59. The minimum absolute atomic E-state index is 0.0134. The van der Waals surface area contributed by atoms with E-state index >= 15 is 0 Å². The minimum Gasteiger partial charge on any atom is -0.491 e. The SMILES string of the molecule is CC(=O)Nc1ccc(OCC(O)Cn2nc(C)c3ccccc3c2=O)cc1. The van der Waals surface area contributed by atoms with Gasteiger partial charge < -0.3 is 15.2 Å². The molecular formula is C20H21N3O4. The van der Waals surface area contributed by atoms with Crippen molar-refractivity contribution in [2.75, 3.05) is 11.9 Å². The fourth-order valence-corrected chi connectivity index (χ4v) is 2.81. The third kappa shape index (κ3) is 4.51. The molecule has 3 aromatic rings. The number of nitrogens with zero attached hydrogens (tertiary/aromatic N) is 2. The van der Waals surface area contributed by atoms with Gasteiger partial charge in [0.15, 0.2) is 0 Å². The number of aliphatic hydroxyl groups is 1. The average molecular weight is 367 g/mol. The summed E-state index contributed by atoms with van der Waals surface area (Å²) in [5.74, 6) is 0.404. The van der Waals surface area contributed by atoms with Crippen LogP contribution in [0.5, 0.6) is 5.75 Å². The number of anilines is 1. The van der Waals surface area contributed by atoms with Gasteiger partial charge in [0.2, 0.25) is 5.91 Å². The molecule has 1 heterocycles. The van der Waals surface area contributed by atoms with Gasteiger partial charge >= 0.3 is 0 Å². The largest absolute Gasteiger partial charge is 0.491 e. The van der Waals surface area contributed by atoms with Gasteiger partial charge in [-0.05, 0) is 37.3 Å². The Bertz CT molecular complexity index is 1010. The molecule has 0 saturated carbocycles. The second kappa shape index (κ2) is 8.01. The van der Waals surface area contributed by atoms with Crippen molar-refractivity contribution in [1.29, 1.82) is 0 Å². The maximum absolute atomic E-state index is 12.5. The molecule has 140 valence electrons. The van der Waals surface area contributed by atoms with Crippen molar-refractivity contribution in [3.8, 4) is 5.75 Å². The van der Waals surface area contributed by atoms with Crippen molar-refractivity contribution in [2.45, 2.75) is 26.5 Å². The number of carbonyl (C=O) groups is 1. The van der Waals surface area contributed by atoms with Gasteiger partial charge in [0.05, 0.1) is 17.6 Å². The Morgan fingerprint density at radius 3 is 2.52 bits per heavy atom. The lowest BCUT2D eigenvalue weighted by Gasteiger charge is -2.15. The van der Waals surface area contributed by atoms with Crippen LogP contribution >= 0.6 is 0 Å². The molecule has 0 fully saturated rings. The summed E-state index contributed by atoms with van der Waals surface area (Å²) >= 11 is 0. The van der Waals surface area contributed by atoms with Crippen LogP contribution in [0, 0.1) is 6.92 Å². The number of fused-ring (bicyclic) bond motifs is 1. The van der Waals surface area contributed by atoms with Gasteiger partial charge in [-0.2, -0.15) is 5.10 Å². The number of aromatic nitrogens is 2. The molecule has 0 radical (unpaired) electrons. The molecule has 0 aliphatic carbocycles. The van der Waals surface area contributed by atoms with E-state index in [-0.39, 0.29) is 24.6 Å². The molecule has 0 aliphatic heterocycles. The van der Waals surface area contributed by atoms with E-state index < -0.39 is 6.10 Å². The number of rotatable bonds is 6. The van der Waals surface area contributed by atoms with E-state index in [1.54, 1.807) is 36.4 Å². The van der Waals surface area contributed by atoms with E-state index in [0.717, 1.165) is 11.1 Å². The quantitative estimate of drug-likeness (QED) is 0.696. The molecule has 2 aromatic carbocycles. The third-order valence-corrected chi connectivity index (χ3v) is 4.05. The maximum Gasteiger partial charge on any atom is 0.274 e. The fraction of sp³-hybridized carbons (Fsp3) is 0.250. The highest BCUT2D eigenvalue weighted by Gasteiger charge is 2.12. The molecule has 0 spiro atoms. The predicted octanol–water partition coefficient (Wildman–Crippen LogP) is 2.10. The van der Waals surface area contributed by atoms with Gasteiger partial charge in [-0.3, -0.25) is 9.59 Å². The standard InChI is InChI=1S/C20H21N3O4/c1-13-18-5-3-4-6-19(18)20(26)23(22-13)11-16(25)12-27-17-9-7-15(8-10-17)21-14(2)24/h3-10,16,25H,11-12H2,1-2H3,(H,21,24). The summed E-state index contributed by atoms with van der Waals surface area (Å²) in [4.78, 5) is 23.5. The maximum atomic E-state index is 12.5. The fourth-order valence-electron chi connectivity index (χ4n) is 2.81. The number of benzene rings is 2. The molecule has 1 unspecified atom stereocenters. The lowest BCUT2D eigenvalue weighted by Crippen LogP contribution is -2.32. The topological polar surface area (TPSA) is 93.4 Å². The lowest BCUT2D eigenvalue weighted by atomic mass is 10.1. The first kappa shape index (κ1) is 18.6. The first-order valence-electron chi connectivity index (χ1n) is 8.59. The van der Waals surface area contributed by atoms with E-state index in [1.165, 1.54) is 11.6 Å². The highest BCUT2D eigenvalue weighted by atomic mass is 16.5. The Hall–Kier alpha value is -3.19. The molecule has 0 saturated heterocycles. The summed E-state index contributed by atoms with van der Waals surface area (Å²) < 4.78 is 6.82. The van der Waals surface area contributed by atoms with Crippen LogP contribution in [0.2, 0.25) is 0 Å². The Morgan fingerprint density at radius 1 is 1.19 bits per heavy atom.